The number of hydrazone groups is 1. The molecule has 1 aromatic heterocycles. The average molecular weight is 241 g/mol. The van der Waals surface area contributed by atoms with Gasteiger partial charge in [-0.25, -0.2) is 4.98 Å². The zero-order valence-corrected chi connectivity index (χ0v) is 8.74. The van der Waals surface area contributed by atoms with Crippen molar-refractivity contribution in [2.24, 2.45) is 5.10 Å². The lowest BCUT2D eigenvalue weighted by Crippen LogP contribution is -2.23. The van der Waals surface area contributed by atoms with E-state index < -0.39 is 0 Å². The number of pyridine rings is 1. The molecule has 0 amide bonds. The lowest BCUT2D eigenvalue weighted by Gasteiger charge is -2.12. The Morgan fingerprint density at radius 1 is 1.62 bits per heavy atom. The molecular weight excluding hydrogens is 232 g/mol. The summed E-state index contributed by atoms with van der Waals surface area (Å²) in [7, 11) is 0. The van der Waals surface area contributed by atoms with Crippen molar-refractivity contribution in [3.63, 3.8) is 0 Å². The van der Waals surface area contributed by atoms with Gasteiger partial charge in [-0.05, 0) is 34.5 Å². The predicted molar refractivity (Wildman–Crippen MR) is 55.6 cm³/mol. The smallest absolute Gasteiger partial charge is 0.135 e. The standard InChI is InChI=1S/C8H9BrN4/c1-6-2-8(10-3-7(6)9)13-4-11-12-5-13/h2-4,12H,5H2,1H3. The summed E-state index contributed by atoms with van der Waals surface area (Å²) in [5.41, 5.74) is 4.02. The molecule has 1 N–H and O–H groups in total. The summed E-state index contributed by atoms with van der Waals surface area (Å²) < 4.78 is 1.03. The molecule has 0 spiro atoms. The molecule has 0 bridgehead atoms. The Kier molecular flexibility index (Phi) is 2.18. The first-order valence-electron chi connectivity index (χ1n) is 3.92. The number of nitrogens with zero attached hydrogens (tertiary/aromatic N) is 3. The molecule has 1 aromatic rings. The maximum absolute atomic E-state index is 4.27. The molecule has 4 nitrogen and oxygen atoms in total. The molecule has 0 aliphatic carbocycles. The summed E-state index contributed by atoms with van der Waals surface area (Å²) in [4.78, 5) is 6.21. The molecular formula is C8H9BrN4. The van der Waals surface area contributed by atoms with Crippen molar-refractivity contribution in [1.82, 2.24) is 10.4 Å². The normalized spacial score (nSPS) is 14.8. The molecule has 1 aliphatic rings. The first-order valence-corrected chi connectivity index (χ1v) is 4.71. The number of nitrogens with one attached hydrogen (secondary N) is 1. The van der Waals surface area contributed by atoms with Gasteiger partial charge in [0, 0.05) is 10.7 Å². The van der Waals surface area contributed by atoms with E-state index in [1.807, 2.05) is 17.9 Å². The van der Waals surface area contributed by atoms with E-state index in [0.717, 1.165) is 10.3 Å². The van der Waals surface area contributed by atoms with Gasteiger partial charge in [0.2, 0.25) is 0 Å². The topological polar surface area (TPSA) is 40.5 Å². The quantitative estimate of drug-likeness (QED) is 0.809. The molecule has 0 saturated heterocycles. The van der Waals surface area contributed by atoms with E-state index in [9.17, 15) is 0 Å². The molecule has 0 aromatic carbocycles. The Morgan fingerprint density at radius 3 is 3.08 bits per heavy atom. The van der Waals surface area contributed by atoms with Crippen LogP contribution < -0.4 is 10.3 Å². The zero-order chi connectivity index (χ0) is 9.26. The van der Waals surface area contributed by atoms with Crippen LogP contribution in [-0.2, 0) is 0 Å². The largest absolute Gasteiger partial charge is 0.296 e. The molecule has 0 unspecified atom stereocenters. The van der Waals surface area contributed by atoms with E-state index in [-0.39, 0.29) is 0 Å². The van der Waals surface area contributed by atoms with Crippen molar-refractivity contribution in [2.75, 3.05) is 11.6 Å². The number of halogens is 1. The highest BCUT2D eigenvalue weighted by atomic mass is 79.9. The maximum atomic E-state index is 4.27. The van der Waals surface area contributed by atoms with Gasteiger partial charge in [-0.3, -0.25) is 10.3 Å². The van der Waals surface area contributed by atoms with Gasteiger partial charge in [0.25, 0.3) is 0 Å². The van der Waals surface area contributed by atoms with Gasteiger partial charge in [0.05, 0.1) is 0 Å². The second-order valence-electron chi connectivity index (χ2n) is 2.82. The van der Waals surface area contributed by atoms with Gasteiger partial charge >= 0.3 is 0 Å². The van der Waals surface area contributed by atoms with Gasteiger partial charge < -0.3 is 0 Å². The van der Waals surface area contributed by atoms with Gasteiger partial charge in [-0.1, -0.05) is 0 Å². The molecule has 0 saturated carbocycles. The third kappa shape index (κ3) is 1.65. The summed E-state index contributed by atoms with van der Waals surface area (Å²) >= 11 is 3.41. The Balaban J connectivity index is 2.30. The fraction of sp³-hybridized carbons (Fsp3) is 0.250. The third-order valence-corrected chi connectivity index (χ3v) is 2.69. The summed E-state index contributed by atoms with van der Waals surface area (Å²) in [5.74, 6) is 0.912. The first kappa shape index (κ1) is 8.50. The highest BCUT2D eigenvalue weighted by Gasteiger charge is 2.09. The summed E-state index contributed by atoms with van der Waals surface area (Å²) in [6, 6.07) is 2.02. The Morgan fingerprint density at radius 2 is 2.46 bits per heavy atom. The van der Waals surface area contributed by atoms with Gasteiger partial charge in [-0.15, -0.1) is 0 Å². The minimum Gasteiger partial charge on any atom is -0.296 e. The first-order chi connectivity index (χ1) is 6.27. The second kappa shape index (κ2) is 3.33. The van der Waals surface area contributed by atoms with Crippen LogP contribution in [0.5, 0.6) is 0 Å². The third-order valence-electron chi connectivity index (χ3n) is 1.86. The van der Waals surface area contributed by atoms with E-state index in [2.05, 4.69) is 31.4 Å². The van der Waals surface area contributed by atoms with Crippen LogP contribution in [0, 0.1) is 6.92 Å². The average Bonchev–Trinajstić information content (AvgIpc) is 2.62. The van der Waals surface area contributed by atoms with Crippen molar-refractivity contribution in [2.45, 2.75) is 6.92 Å². The SMILES string of the molecule is Cc1cc(N2C=NNC2)ncc1Br. The fourth-order valence-electron chi connectivity index (χ4n) is 1.09. The monoisotopic (exact) mass is 240 g/mol. The number of anilines is 1. The Labute approximate surface area is 84.8 Å². The van der Waals surface area contributed by atoms with Crippen LogP contribution in [0.4, 0.5) is 5.82 Å². The molecule has 13 heavy (non-hydrogen) atoms. The van der Waals surface area contributed by atoms with Crippen LogP contribution in [-0.4, -0.2) is 18.0 Å². The van der Waals surface area contributed by atoms with E-state index in [4.69, 9.17) is 0 Å². The molecule has 0 radical (unpaired) electrons. The van der Waals surface area contributed by atoms with Crippen molar-refractivity contribution in [3.8, 4) is 0 Å². The highest BCUT2D eigenvalue weighted by Crippen LogP contribution is 2.19. The van der Waals surface area contributed by atoms with Crippen LogP contribution >= 0.6 is 15.9 Å². The summed E-state index contributed by atoms with van der Waals surface area (Å²) in [6.07, 6.45) is 3.53. The summed E-state index contributed by atoms with van der Waals surface area (Å²) in [6.45, 7) is 2.73. The highest BCUT2D eigenvalue weighted by molar-refractivity contribution is 9.10. The minimum atomic E-state index is 0.689. The van der Waals surface area contributed by atoms with Crippen molar-refractivity contribution in [3.05, 3.63) is 22.3 Å². The zero-order valence-electron chi connectivity index (χ0n) is 7.16. The molecule has 2 heterocycles. The van der Waals surface area contributed by atoms with Gasteiger partial charge in [0.15, 0.2) is 0 Å². The molecule has 68 valence electrons. The van der Waals surface area contributed by atoms with Crippen molar-refractivity contribution < 1.29 is 0 Å². The molecule has 1 aliphatic heterocycles. The predicted octanol–water partition coefficient (Wildman–Crippen LogP) is 1.46. The van der Waals surface area contributed by atoms with Crippen molar-refractivity contribution in [1.29, 1.82) is 0 Å². The number of hydrogen-bond donors (Lipinski definition) is 1. The second-order valence-corrected chi connectivity index (χ2v) is 3.68. The van der Waals surface area contributed by atoms with Crippen LogP contribution in [0.2, 0.25) is 0 Å². The molecule has 0 fully saturated rings. The van der Waals surface area contributed by atoms with E-state index in [1.165, 1.54) is 5.56 Å². The van der Waals surface area contributed by atoms with Crippen molar-refractivity contribution >= 4 is 28.1 Å². The Bertz CT molecular complexity index is 350. The number of aryl methyl sites for hydroxylation is 1. The number of rotatable bonds is 1. The Hall–Kier alpha value is -1.10. The number of aromatic nitrogens is 1. The lowest BCUT2D eigenvalue weighted by molar-refractivity contribution is 0.802. The van der Waals surface area contributed by atoms with Gasteiger partial charge in [0.1, 0.15) is 18.8 Å². The molecule has 5 heteroatoms. The maximum Gasteiger partial charge on any atom is 0.135 e. The molecule has 0 atom stereocenters. The van der Waals surface area contributed by atoms with Crippen LogP contribution in [0.1, 0.15) is 5.56 Å². The van der Waals surface area contributed by atoms with E-state index in [0.29, 0.717) is 6.67 Å². The van der Waals surface area contributed by atoms with E-state index in [1.54, 1.807) is 12.5 Å². The fourth-order valence-corrected chi connectivity index (χ4v) is 1.31. The number of hydrogen-bond acceptors (Lipinski definition) is 4. The molecule has 2 rings (SSSR count). The van der Waals surface area contributed by atoms with E-state index >= 15 is 0 Å². The van der Waals surface area contributed by atoms with Crippen LogP contribution in [0.3, 0.4) is 0 Å². The summed E-state index contributed by atoms with van der Waals surface area (Å²) in [5, 5.41) is 3.89. The van der Waals surface area contributed by atoms with Crippen LogP contribution in [0.25, 0.3) is 0 Å². The minimum absolute atomic E-state index is 0.689. The van der Waals surface area contributed by atoms with Crippen LogP contribution in [0.15, 0.2) is 21.8 Å². The van der Waals surface area contributed by atoms with Gasteiger partial charge in [-0.2, -0.15) is 5.10 Å². The lowest BCUT2D eigenvalue weighted by atomic mass is 10.3.